The van der Waals surface area contributed by atoms with E-state index in [1.54, 1.807) is 6.20 Å². The van der Waals surface area contributed by atoms with Crippen molar-refractivity contribution in [2.24, 2.45) is 5.92 Å². The molecule has 0 saturated heterocycles. The van der Waals surface area contributed by atoms with Crippen LogP contribution >= 0.6 is 15.9 Å². The number of carbonyl (C=O) groups excluding carboxylic acids is 1. The number of hydrogen-bond acceptors (Lipinski definition) is 2. The fourth-order valence-electron chi connectivity index (χ4n) is 1.32. The molecule has 1 atom stereocenters. The van der Waals surface area contributed by atoms with E-state index in [-0.39, 0.29) is 5.91 Å². The highest BCUT2D eigenvalue weighted by atomic mass is 79.9. The molecule has 88 valence electrons. The number of nitrogens with one attached hydrogen (secondary N) is 1. The highest BCUT2D eigenvalue weighted by Gasteiger charge is 2.09. The second-order valence-electron chi connectivity index (χ2n) is 4.08. The Hall–Kier alpha value is -0.900. The van der Waals surface area contributed by atoms with Crippen LogP contribution in [-0.4, -0.2) is 10.9 Å². The molecule has 1 aromatic rings. The van der Waals surface area contributed by atoms with E-state index in [1.165, 1.54) is 0 Å². The molecule has 1 N–H and O–H groups in total. The number of nitrogens with zero attached hydrogens (tertiary/aromatic N) is 1. The molecule has 1 aromatic heterocycles. The van der Waals surface area contributed by atoms with Gasteiger partial charge in [-0.05, 0) is 40.4 Å². The number of anilines is 1. The Balaban J connectivity index is 2.63. The van der Waals surface area contributed by atoms with Crippen molar-refractivity contribution in [2.45, 2.75) is 33.6 Å². The van der Waals surface area contributed by atoms with E-state index in [4.69, 9.17) is 0 Å². The van der Waals surface area contributed by atoms with Crippen molar-refractivity contribution in [3.63, 3.8) is 0 Å². The van der Waals surface area contributed by atoms with Gasteiger partial charge in [0.2, 0.25) is 5.91 Å². The normalized spacial score (nSPS) is 12.2. The summed E-state index contributed by atoms with van der Waals surface area (Å²) in [6, 6.07) is 1.94. The second kappa shape index (κ2) is 5.99. The highest BCUT2D eigenvalue weighted by molar-refractivity contribution is 9.10. The SMILES string of the molecule is CCC(C)CC(=O)Nc1ncc(Br)cc1C. The minimum absolute atomic E-state index is 0.0345. The molecule has 0 spiro atoms. The maximum absolute atomic E-state index is 11.7. The van der Waals surface area contributed by atoms with Gasteiger partial charge in [-0.3, -0.25) is 4.79 Å². The van der Waals surface area contributed by atoms with Gasteiger partial charge < -0.3 is 5.32 Å². The molecule has 1 heterocycles. The Bertz CT molecular complexity index is 379. The van der Waals surface area contributed by atoms with E-state index in [2.05, 4.69) is 40.1 Å². The van der Waals surface area contributed by atoms with Crippen LogP contribution in [0.2, 0.25) is 0 Å². The summed E-state index contributed by atoms with van der Waals surface area (Å²) in [4.78, 5) is 15.8. The molecule has 16 heavy (non-hydrogen) atoms. The molecule has 0 bridgehead atoms. The van der Waals surface area contributed by atoms with Crippen molar-refractivity contribution in [1.82, 2.24) is 4.98 Å². The predicted octanol–water partition coefficient (Wildman–Crippen LogP) is 3.53. The predicted molar refractivity (Wildman–Crippen MR) is 69.4 cm³/mol. The minimum atomic E-state index is 0.0345. The Kier molecular flexibility index (Phi) is 4.93. The number of amides is 1. The monoisotopic (exact) mass is 284 g/mol. The molecule has 0 aromatic carbocycles. The van der Waals surface area contributed by atoms with Gasteiger partial charge in [-0.1, -0.05) is 20.3 Å². The molecule has 0 aliphatic rings. The third kappa shape index (κ3) is 3.93. The van der Waals surface area contributed by atoms with Crippen molar-refractivity contribution < 1.29 is 4.79 Å². The quantitative estimate of drug-likeness (QED) is 0.919. The van der Waals surface area contributed by atoms with E-state index in [0.717, 1.165) is 16.5 Å². The lowest BCUT2D eigenvalue weighted by molar-refractivity contribution is -0.117. The number of halogens is 1. The van der Waals surface area contributed by atoms with Gasteiger partial charge in [-0.15, -0.1) is 0 Å². The summed E-state index contributed by atoms with van der Waals surface area (Å²) in [6.07, 6.45) is 3.25. The molecule has 1 rings (SSSR count). The first-order valence-electron chi connectivity index (χ1n) is 5.45. The van der Waals surface area contributed by atoms with E-state index < -0.39 is 0 Å². The third-order valence-corrected chi connectivity index (χ3v) is 2.97. The number of hydrogen-bond donors (Lipinski definition) is 1. The smallest absolute Gasteiger partial charge is 0.225 e. The summed E-state index contributed by atoms with van der Waals surface area (Å²) >= 11 is 3.34. The van der Waals surface area contributed by atoms with Crippen molar-refractivity contribution in [1.29, 1.82) is 0 Å². The van der Waals surface area contributed by atoms with Gasteiger partial charge in [0.05, 0.1) is 0 Å². The summed E-state index contributed by atoms with van der Waals surface area (Å²) < 4.78 is 0.921. The zero-order valence-corrected chi connectivity index (χ0v) is 11.5. The first kappa shape index (κ1) is 13.2. The second-order valence-corrected chi connectivity index (χ2v) is 5.00. The first-order valence-corrected chi connectivity index (χ1v) is 6.24. The minimum Gasteiger partial charge on any atom is -0.310 e. The largest absolute Gasteiger partial charge is 0.310 e. The molecule has 0 saturated carbocycles. The average Bonchev–Trinajstić information content (AvgIpc) is 2.22. The molecule has 0 aliphatic heterocycles. The lowest BCUT2D eigenvalue weighted by atomic mass is 10.1. The van der Waals surface area contributed by atoms with Crippen LogP contribution in [0, 0.1) is 12.8 Å². The maximum atomic E-state index is 11.7. The summed E-state index contributed by atoms with van der Waals surface area (Å²) in [5, 5.41) is 2.83. The molecular weight excluding hydrogens is 268 g/mol. The average molecular weight is 285 g/mol. The highest BCUT2D eigenvalue weighted by Crippen LogP contribution is 2.17. The summed E-state index contributed by atoms with van der Waals surface area (Å²) in [6.45, 7) is 6.08. The molecular formula is C12H17BrN2O. The van der Waals surface area contributed by atoms with Gasteiger partial charge in [-0.25, -0.2) is 4.98 Å². The van der Waals surface area contributed by atoms with E-state index in [9.17, 15) is 4.79 Å². The van der Waals surface area contributed by atoms with Gasteiger partial charge in [-0.2, -0.15) is 0 Å². The van der Waals surface area contributed by atoms with Gasteiger partial charge in [0, 0.05) is 17.1 Å². The van der Waals surface area contributed by atoms with Crippen molar-refractivity contribution >= 4 is 27.7 Å². The van der Waals surface area contributed by atoms with Gasteiger partial charge in [0.25, 0.3) is 0 Å². The summed E-state index contributed by atoms with van der Waals surface area (Å²) in [5.74, 6) is 1.10. The summed E-state index contributed by atoms with van der Waals surface area (Å²) in [5.41, 5.74) is 0.965. The molecule has 0 aliphatic carbocycles. The Morgan fingerprint density at radius 3 is 2.88 bits per heavy atom. The molecule has 1 amide bonds. The lowest BCUT2D eigenvalue weighted by Crippen LogP contribution is -2.16. The number of pyridine rings is 1. The van der Waals surface area contributed by atoms with E-state index in [1.807, 2.05) is 13.0 Å². The number of aryl methyl sites for hydroxylation is 1. The van der Waals surface area contributed by atoms with E-state index in [0.29, 0.717) is 18.2 Å². The fourth-order valence-corrected chi connectivity index (χ4v) is 1.76. The summed E-state index contributed by atoms with van der Waals surface area (Å²) in [7, 11) is 0. The topological polar surface area (TPSA) is 42.0 Å². The Morgan fingerprint density at radius 2 is 2.31 bits per heavy atom. The maximum Gasteiger partial charge on any atom is 0.225 e. The van der Waals surface area contributed by atoms with Crippen LogP contribution in [0.15, 0.2) is 16.7 Å². The zero-order valence-electron chi connectivity index (χ0n) is 9.88. The zero-order chi connectivity index (χ0) is 12.1. The molecule has 3 nitrogen and oxygen atoms in total. The van der Waals surface area contributed by atoms with Crippen LogP contribution in [0.1, 0.15) is 32.3 Å². The molecule has 1 unspecified atom stereocenters. The first-order chi connectivity index (χ1) is 7.52. The standard InChI is InChI=1S/C12H17BrN2O/c1-4-8(2)5-11(16)15-12-9(3)6-10(13)7-14-12/h6-8H,4-5H2,1-3H3,(H,14,15,16). The van der Waals surface area contributed by atoms with Crippen LogP contribution in [-0.2, 0) is 4.79 Å². The van der Waals surface area contributed by atoms with Crippen molar-refractivity contribution in [3.8, 4) is 0 Å². The van der Waals surface area contributed by atoms with E-state index >= 15 is 0 Å². The van der Waals surface area contributed by atoms with Gasteiger partial charge in [0.1, 0.15) is 5.82 Å². The molecule has 4 heteroatoms. The van der Waals surface area contributed by atoms with Crippen LogP contribution in [0.3, 0.4) is 0 Å². The van der Waals surface area contributed by atoms with Crippen molar-refractivity contribution in [2.75, 3.05) is 5.32 Å². The fraction of sp³-hybridized carbons (Fsp3) is 0.500. The lowest BCUT2D eigenvalue weighted by Gasteiger charge is -2.10. The Labute approximate surface area is 105 Å². The van der Waals surface area contributed by atoms with Gasteiger partial charge in [0.15, 0.2) is 0 Å². The number of carbonyl (C=O) groups is 1. The molecule has 0 fully saturated rings. The van der Waals surface area contributed by atoms with Crippen LogP contribution < -0.4 is 5.32 Å². The Morgan fingerprint density at radius 1 is 1.62 bits per heavy atom. The number of rotatable bonds is 4. The van der Waals surface area contributed by atoms with Crippen LogP contribution in [0.5, 0.6) is 0 Å². The van der Waals surface area contributed by atoms with Crippen LogP contribution in [0.25, 0.3) is 0 Å². The number of aromatic nitrogens is 1. The van der Waals surface area contributed by atoms with Crippen LogP contribution in [0.4, 0.5) is 5.82 Å². The molecule has 0 radical (unpaired) electrons. The third-order valence-electron chi connectivity index (χ3n) is 2.53. The van der Waals surface area contributed by atoms with Gasteiger partial charge >= 0.3 is 0 Å². The van der Waals surface area contributed by atoms with Crippen molar-refractivity contribution in [3.05, 3.63) is 22.3 Å².